The number of carbonyl (C=O) groups is 4. The number of nitrogens with one attached hydrogen (secondary N) is 1. The summed E-state index contributed by atoms with van der Waals surface area (Å²) in [5.74, 6) is -1.82. The van der Waals surface area contributed by atoms with Gasteiger partial charge in [0.2, 0.25) is 0 Å². The third-order valence-electron chi connectivity index (χ3n) is 5.07. The smallest absolute Gasteiger partial charge is 0.352 e. The molecule has 0 unspecified atom stereocenters. The van der Waals surface area contributed by atoms with E-state index in [0.29, 0.717) is 22.1 Å². The minimum atomic E-state index is -1.30. The second-order valence-corrected chi connectivity index (χ2v) is 8.95. The fraction of sp³-hybridized carbons (Fsp3) is 0.273. The summed E-state index contributed by atoms with van der Waals surface area (Å²) in [6, 6.07) is 8.90. The van der Waals surface area contributed by atoms with Crippen LogP contribution in [-0.4, -0.2) is 57.5 Å². The van der Waals surface area contributed by atoms with Crippen molar-refractivity contribution < 1.29 is 38.2 Å². The maximum Gasteiger partial charge on any atom is 0.352 e. The number of hydrogen-bond donors (Lipinski definition) is 2. The topological polar surface area (TPSA) is 135 Å². The van der Waals surface area contributed by atoms with Crippen molar-refractivity contribution in [1.82, 2.24) is 10.2 Å². The standard InChI is InChI=1S/C22H19ClN2O8S/c1-11(26)31-8-12-10-34-21-17(20(28)25(21)18(12)22(29)30)24-19(27)16-7-6-15(33-16)9-32-14-4-2-13(23)3-5-14/h2-7,17,21H,8-10H2,1H3,(H,24,27)(H,29,30)/t17-,21+/m0/s1. The molecule has 3 heterocycles. The maximum atomic E-state index is 12.7. The molecule has 4 rings (SSSR count). The minimum Gasteiger partial charge on any atom is -0.486 e. The van der Waals surface area contributed by atoms with Crippen LogP contribution in [0.1, 0.15) is 23.2 Å². The lowest BCUT2D eigenvalue weighted by atomic mass is 10.0. The van der Waals surface area contributed by atoms with Crippen LogP contribution in [0, 0.1) is 0 Å². The van der Waals surface area contributed by atoms with Crippen molar-refractivity contribution in [1.29, 1.82) is 0 Å². The van der Waals surface area contributed by atoms with Gasteiger partial charge >= 0.3 is 11.9 Å². The van der Waals surface area contributed by atoms with Gasteiger partial charge in [-0.1, -0.05) is 11.6 Å². The highest BCUT2D eigenvalue weighted by Gasteiger charge is 2.54. The van der Waals surface area contributed by atoms with Gasteiger partial charge in [0.05, 0.1) is 0 Å². The van der Waals surface area contributed by atoms with E-state index in [1.165, 1.54) is 24.8 Å². The number of fused-ring (bicyclic) bond motifs is 1. The quantitative estimate of drug-likeness (QED) is 0.408. The van der Waals surface area contributed by atoms with Crippen molar-refractivity contribution in [2.75, 3.05) is 12.4 Å². The zero-order chi connectivity index (χ0) is 24.4. The summed E-state index contributed by atoms with van der Waals surface area (Å²) in [5, 5.41) is 12.2. The van der Waals surface area contributed by atoms with Crippen LogP contribution in [0.4, 0.5) is 0 Å². The van der Waals surface area contributed by atoms with Gasteiger partial charge in [-0.25, -0.2) is 4.79 Å². The van der Waals surface area contributed by atoms with Gasteiger partial charge in [-0.2, -0.15) is 0 Å². The van der Waals surface area contributed by atoms with E-state index in [1.807, 2.05) is 0 Å². The highest BCUT2D eigenvalue weighted by molar-refractivity contribution is 8.00. The highest BCUT2D eigenvalue weighted by atomic mass is 35.5. The van der Waals surface area contributed by atoms with Crippen LogP contribution in [-0.2, 0) is 25.7 Å². The first-order valence-electron chi connectivity index (χ1n) is 10.1. The summed E-state index contributed by atoms with van der Waals surface area (Å²) < 4.78 is 16.0. The van der Waals surface area contributed by atoms with Gasteiger partial charge in [-0.15, -0.1) is 11.8 Å². The molecule has 2 N–H and O–H groups in total. The molecule has 12 heteroatoms. The van der Waals surface area contributed by atoms with Gasteiger partial charge in [0, 0.05) is 23.3 Å². The van der Waals surface area contributed by atoms with Crippen LogP contribution < -0.4 is 10.1 Å². The fourth-order valence-electron chi connectivity index (χ4n) is 3.46. The van der Waals surface area contributed by atoms with Gasteiger partial charge in [-0.3, -0.25) is 19.3 Å². The second kappa shape index (κ2) is 9.82. The number of ether oxygens (including phenoxy) is 2. The first-order chi connectivity index (χ1) is 16.2. The van der Waals surface area contributed by atoms with Crippen LogP contribution in [0.2, 0.25) is 5.02 Å². The van der Waals surface area contributed by atoms with Crippen LogP contribution >= 0.6 is 23.4 Å². The number of carboxylic acid groups (broad SMARTS) is 1. The number of esters is 1. The molecule has 1 aromatic heterocycles. The predicted octanol–water partition coefficient (Wildman–Crippen LogP) is 2.43. The van der Waals surface area contributed by atoms with E-state index in [0.717, 1.165) is 4.90 Å². The minimum absolute atomic E-state index is 0.00804. The molecule has 0 bridgehead atoms. The predicted molar refractivity (Wildman–Crippen MR) is 120 cm³/mol. The number of thioether (sulfide) groups is 1. The van der Waals surface area contributed by atoms with Crippen molar-refractivity contribution in [2.45, 2.75) is 24.9 Å². The molecule has 34 heavy (non-hydrogen) atoms. The molecule has 2 amide bonds. The Kier molecular flexibility index (Phi) is 6.85. The second-order valence-electron chi connectivity index (χ2n) is 7.41. The number of rotatable bonds is 8. The van der Waals surface area contributed by atoms with E-state index in [1.54, 1.807) is 30.3 Å². The van der Waals surface area contributed by atoms with E-state index < -0.39 is 35.2 Å². The Balaban J connectivity index is 1.37. The number of nitrogens with zero attached hydrogens (tertiary/aromatic N) is 1. The summed E-state index contributed by atoms with van der Waals surface area (Å²) in [6.45, 7) is 1.08. The maximum absolute atomic E-state index is 12.7. The number of aliphatic carboxylic acids is 1. The Bertz CT molecular complexity index is 1180. The van der Waals surface area contributed by atoms with Gasteiger partial charge < -0.3 is 24.3 Å². The highest BCUT2D eigenvalue weighted by Crippen LogP contribution is 2.40. The molecule has 2 aliphatic rings. The monoisotopic (exact) mass is 506 g/mol. The van der Waals surface area contributed by atoms with E-state index >= 15 is 0 Å². The normalized spacial score (nSPS) is 19.2. The number of hydrogen-bond acceptors (Lipinski definition) is 8. The van der Waals surface area contributed by atoms with Gasteiger partial charge in [-0.05, 0) is 36.4 Å². The number of carboxylic acids is 1. The average Bonchev–Trinajstić information content (AvgIpc) is 3.29. The molecular formula is C22H19ClN2O8S. The number of halogens is 1. The molecule has 0 radical (unpaired) electrons. The number of β-lactam (4-membered cyclic amide) rings is 1. The number of benzene rings is 1. The van der Waals surface area contributed by atoms with Crippen molar-refractivity contribution in [3.8, 4) is 5.75 Å². The molecule has 178 valence electrons. The molecule has 10 nitrogen and oxygen atoms in total. The number of amides is 2. The Morgan fingerprint density at radius 2 is 1.94 bits per heavy atom. The molecule has 2 aliphatic heterocycles. The summed E-state index contributed by atoms with van der Waals surface area (Å²) >= 11 is 7.11. The Morgan fingerprint density at radius 3 is 2.62 bits per heavy atom. The molecule has 0 aliphatic carbocycles. The molecule has 0 spiro atoms. The molecule has 2 atom stereocenters. The van der Waals surface area contributed by atoms with Crippen LogP contribution in [0.5, 0.6) is 5.75 Å². The summed E-state index contributed by atoms with van der Waals surface area (Å²) in [7, 11) is 0. The summed E-state index contributed by atoms with van der Waals surface area (Å²) in [4.78, 5) is 49.2. The van der Waals surface area contributed by atoms with E-state index in [-0.39, 0.29) is 30.4 Å². The average molecular weight is 507 g/mol. The number of furan rings is 1. The van der Waals surface area contributed by atoms with Crippen molar-refractivity contribution >= 4 is 47.1 Å². The van der Waals surface area contributed by atoms with E-state index in [2.05, 4.69) is 5.32 Å². The third-order valence-corrected chi connectivity index (χ3v) is 6.66. The molecular weight excluding hydrogens is 488 g/mol. The summed E-state index contributed by atoms with van der Waals surface area (Å²) in [6.07, 6.45) is 0. The zero-order valence-corrected chi connectivity index (χ0v) is 19.4. The van der Waals surface area contributed by atoms with Gasteiger partial charge in [0.25, 0.3) is 11.8 Å². The fourth-order valence-corrected chi connectivity index (χ4v) is 4.91. The SMILES string of the molecule is CC(=O)OCC1=C(C(=O)O)N2C(=O)[C@H](NC(=O)c3ccc(COc4ccc(Cl)cc4)o3)[C@H]2SC1. The first-order valence-corrected chi connectivity index (χ1v) is 11.5. The molecule has 1 saturated heterocycles. The van der Waals surface area contributed by atoms with Crippen molar-refractivity contribution in [2.24, 2.45) is 0 Å². The van der Waals surface area contributed by atoms with Crippen molar-refractivity contribution in [3.63, 3.8) is 0 Å². The number of carbonyl (C=O) groups excluding carboxylic acids is 3. The van der Waals surface area contributed by atoms with Gasteiger partial charge in [0.15, 0.2) is 5.76 Å². The Labute approximate surface area is 202 Å². The molecule has 0 saturated carbocycles. The van der Waals surface area contributed by atoms with Crippen LogP contribution in [0.15, 0.2) is 52.1 Å². The lowest BCUT2D eigenvalue weighted by Gasteiger charge is -2.49. The Hall–Kier alpha value is -3.44. The molecule has 1 fully saturated rings. The molecule has 2 aromatic rings. The largest absolute Gasteiger partial charge is 0.486 e. The van der Waals surface area contributed by atoms with Crippen LogP contribution in [0.25, 0.3) is 0 Å². The van der Waals surface area contributed by atoms with Gasteiger partial charge in [0.1, 0.15) is 41.8 Å². The van der Waals surface area contributed by atoms with Crippen LogP contribution in [0.3, 0.4) is 0 Å². The van der Waals surface area contributed by atoms with Crippen molar-refractivity contribution in [3.05, 3.63) is 64.2 Å². The van der Waals surface area contributed by atoms with E-state index in [4.69, 9.17) is 25.5 Å². The third kappa shape index (κ3) is 4.90. The zero-order valence-electron chi connectivity index (χ0n) is 17.8. The first kappa shape index (κ1) is 23.7. The lowest BCUT2D eigenvalue weighted by Crippen LogP contribution is -2.70. The molecule has 1 aromatic carbocycles. The Morgan fingerprint density at radius 1 is 1.21 bits per heavy atom. The van der Waals surface area contributed by atoms with E-state index in [9.17, 15) is 24.3 Å². The summed E-state index contributed by atoms with van der Waals surface area (Å²) in [5.41, 5.74) is 0.0959. The lowest BCUT2D eigenvalue weighted by molar-refractivity contribution is -0.149.